The van der Waals surface area contributed by atoms with Crippen LogP contribution >= 0.6 is 0 Å². The summed E-state index contributed by atoms with van der Waals surface area (Å²) in [5.41, 5.74) is 4.71. The van der Waals surface area contributed by atoms with Crippen LogP contribution in [0.4, 0.5) is 18.9 Å². The average Bonchev–Trinajstić information content (AvgIpc) is 2.34. The molecule has 108 valence electrons. The number of hydrogen-bond donors (Lipinski definition) is 1. The van der Waals surface area contributed by atoms with Crippen LogP contribution in [0.5, 0.6) is 5.75 Å². The molecule has 1 rings (SSSR count). The highest BCUT2D eigenvalue weighted by Gasteiger charge is 2.30. The SMILES string of the molecule is CCCCOCCOc1ccc(C(F)(F)F)cc1N. The molecule has 2 N–H and O–H groups in total. The number of unbranched alkanes of at least 4 members (excludes halogenated alkanes) is 1. The van der Waals surface area contributed by atoms with E-state index < -0.39 is 11.7 Å². The van der Waals surface area contributed by atoms with Gasteiger partial charge in [0.15, 0.2) is 0 Å². The van der Waals surface area contributed by atoms with Gasteiger partial charge in [-0.05, 0) is 24.6 Å². The number of benzene rings is 1. The van der Waals surface area contributed by atoms with Crippen molar-refractivity contribution in [3.63, 3.8) is 0 Å². The summed E-state index contributed by atoms with van der Waals surface area (Å²) in [6.07, 6.45) is -2.37. The maximum atomic E-state index is 12.4. The lowest BCUT2D eigenvalue weighted by Gasteiger charge is -2.12. The second-order valence-corrected chi connectivity index (χ2v) is 4.06. The van der Waals surface area contributed by atoms with Crippen LogP contribution in [-0.2, 0) is 10.9 Å². The first kappa shape index (κ1) is 15.6. The third-order valence-electron chi connectivity index (χ3n) is 2.46. The number of nitrogen functional groups attached to an aromatic ring is 1. The van der Waals surface area contributed by atoms with Gasteiger partial charge >= 0.3 is 6.18 Å². The lowest BCUT2D eigenvalue weighted by molar-refractivity contribution is -0.137. The maximum absolute atomic E-state index is 12.4. The highest BCUT2D eigenvalue weighted by atomic mass is 19.4. The van der Waals surface area contributed by atoms with E-state index in [1.807, 2.05) is 0 Å². The lowest BCUT2D eigenvalue weighted by atomic mass is 10.2. The number of nitrogens with two attached hydrogens (primary N) is 1. The monoisotopic (exact) mass is 277 g/mol. The summed E-state index contributed by atoms with van der Waals surface area (Å²) >= 11 is 0. The van der Waals surface area contributed by atoms with Gasteiger partial charge in [-0.15, -0.1) is 0 Å². The van der Waals surface area contributed by atoms with Crippen LogP contribution in [0.2, 0.25) is 0 Å². The van der Waals surface area contributed by atoms with Crippen molar-refractivity contribution < 1.29 is 22.6 Å². The summed E-state index contributed by atoms with van der Waals surface area (Å²) in [5, 5.41) is 0. The van der Waals surface area contributed by atoms with E-state index in [9.17, 15) is 13.2 Å². The molecular weight excluding hydrogens is 259 g/mol. The van der Waals surface area contributed by atoms with Gasteiger partial charge in [0.2, 0.25) is 0 Å². The Bertz CT molecular complexity index is 394. The number of hydrogen-bond acceptors (Lipinski definition) is 3. The molecule has 6 heteroatoms. The molecule has 0 bridgehead atoms. The molecule has 19 heavy (non-hydrogen) atoms. The molecule has 0 heterocycles. The summed E-state index contributed by atoms with van der Waals surface area (Å²) in [7, 11) is 0. The quantitative estimate of drug-likeness (QED) is 0.613. The van der Waals surface area contributed by atoms with Crippen LogP contribution in [0.25, 0.3) is 0 Å². The van der Waals surface area contributed by atoms with Gasteiger partial charge in [-0.1, -0.05) is 13.3 Å². The number of anilines is 1. The van der Waals surface area contributed by atoms with Crippen molar-refractivity contribution >= 4 is 5.69 Å². The standard InChI is InChI=1S/C13H18F3NO2/c1-2-3-6-18-7-8-19-12-5-4-10(9-11(12)17)13(14,15)16/h4-5,9H,2-3,6-8,17H2,1H3. The number of rotatable bonds is 7. The number of halogens is 3. The van der Waals surface area contributed by atoms with Crippen LogP contribution < -0.4 is 10.5 Å². The van der Waals surface area contributed by atoms with Crippen LogP contribution in [0.1, 0.15) is 25.3 Å². The third-order valence-corrected chi connectivity index (χ3v) is 2.46. The molecule has 0 unspecified atom stereocenters. The van der Waals surface area contributed by atoms with Crippen LogP contribution in [0, 0.1) is 0 Å². The minimum absolute atomic E-state index is 0.0246. The molecule has 0 amide bonds. The summed E-state index contributed by atoms with van der Waals surface area (Å²) in [5.74, 6) is 0.243. The van der Waals surface area contributed by atoms with Crippen LogP contribution in [0.15, 0.2) is 18.2 Å². The van der Waals surface area contributed by atoms with E-state index in [1.54, 1.807) is 0 Å². The zero-order valence-electron chi connectivity index (χ0n) is 10.8. The molecule has 0 fully saturated rings. The minimum Gasteiger partial charge on any atom is -0.489 e. The normalized spacial score (nSPS) is 11.6. The Hall–Kier alpha value is -1.43. The van der Waals surface area contributed by atoms with Crippen LogP contribution in [-0.4, -0.2) is 19.8 Å². The molecule has 0 radical (unpaired) electrons. The third kappa shape index (κ3) is 5.38. The molecule has 1 aromatic rings. The van der Waals surface area contributed by atoms with Gasteiger partial charge < -0.3 is 15.2 Å². The molecule has 1 aromatic carbocycles. The fourth-order valence-corrected chi connectivity index (χ4v) is 1.42. The molecule has 0 aromatic heterocycles. The zero-order valence-corrected chi connectivity index (χ0v) is 10.8. The smallest absolute Gasteiger partial charge is 0.416 e. The summed E-state index contributed by atoms with van der Waals surface area (Å²) in [6.45, 7) is 3.37. The minimum atomic E-state index is -4.39. The topological polar surface area (TPSA) is 44.5 Å². The Morgan fingerprint density at radius 1 is 1.16 bits per heavy atom. The Balaban J connectivity index is 2.43. The first-order chi connectivity index (χ1) is 8.95. The fraction of sp³-hybridized carbons (Fsp3) is 0.538. The Kier molecular flexibility index (Phi) is 5.95. The summed E-state index contributed by atoms with van der Waals surface area (Å²) in [6, 6.07) is 3.04. The largest absolute Gasteiger partial charge is 0.489 e. The van der Waals surface area contributed by atoms with Crippen molar-refractivity contribution in [2.75, 3.05) is 25.6 Å². The van der Waals surface area contributed by atoms with Gasteiger partial charge in [0, 0.05) is 6.61 Å². The van der Waals surface area contributed by atoms with E-state index in [2.05, 4.69) is 6.92 Å². The highest BCUT2D eigenvalue weighted by Crippen LogP contribution is 2.33. The number of ether oxygens (including phenoxy) is 2. The second-order valence-electron chi connectivity index (χ2n) is 4.06. The number of alkyl halides is 3. The van der Waals surface area contributed by atoms with Gasteiger partial charge in [-0.2, -0.15) is 13.2 Å². The second kappa shape index (κ2) is 7.23. The van der Waals surface area contributed by atoms with E-state index in [0.717, 1.165) is 25.0 Å². The first-order valence-corrected chi connectivity index (χ1v) is 6.12. The predicted molar refractivity (Wildman–Crippen MR) is 67.1 cm³/mol. The molecule has 0 atom stereocenters. The Morgan fingerprint density at radius 2 is 1.89 bits per heavy atom. The van der Waals surface area contributed by atoms with Crippen molar-refractivity contribution in [1.29, 1.82) is 0 Å². The van der Waals surface area contributed by atoms with E-state index in [-0.39, 0.29) is 18.0 Å². The Labute approximate surface area is 110 Å². The lowest BCUT2D eigenvalue weighted by Crippen LogP contribution is -2.10. The molecule has 0 aliphatic heterocycles. The van der Waals surface area contributed by atoms with Crippen molar-refractivity contribution in [3.05, 3.63) is 23.8 Å². The molecular formula is C13H18F3NO2. The van der Waals surface area contributed by atoms with Crippen LogP contribution in [0.3, 0.4) is 0 Å². The molecule has 0 aliphatic rings. The molecule has 0 saturated heterocycles. The van der Waals surface area contributed by atoms with Gasteiger partial charge in [-0.25, -0.2) is 0 Å². The zero-order chi connectivity index (χ0) is 14.3. The fourth-order valence-electron chi connectivity index (χ4n) is 1.42. The summed E-state index contributed by atoms with van der Waals surface area (Å²) in [4.78, 5) is 0. The molecule has 0 saturated carbocycles. The van der Waals surface area contributed by atoms with Gasteiger partial charge in [0.25, 0.3) is 0 Å². The maximum Gasteiger partial charge on any atom is 0.416 e. The first-order valence-electron chi connectivity index (χ1n) is 6.12. The van der Waals surface area contributed by atoms with Crippen molar-refractivity contribution in [3.8, 4) is 5.75 Å². The van der Waals surface area contributed by atoms with Crippen molar-refractivity contribution in [1.82, 2.24) is 0 Å². The summed E-state index contributed by atoms with van der Waals surface area (Å²) < 4.78 is 47.8. The van der Waals surface area contributed by atoms with Gasteiger partial charge in [0.05, 0.1) is 17.9 Å². The van der Waals surface area contributed by atoms with E-state index in [0.29, 0.717) is 13.2 Å². The van der Waals surface area contributed by atoms with E-state index in [4.69, 9.17) is 15.2 Å². The molecule has 3 nitrogen and oxygen atoms in total. The average molecular weight is 277 g/mol. The van der Waals surface area contributed by atoms with Gasteiger partial charge in [0.1, 0.15) is 12.4 Å². The Morgan fingerprint density at radius 3 is 2.47 bits per heavy atom. The molecule has 0 spiro atoms. The highest BCUT2D eigenvalue weighted by molar-refractivity contribution is 5.54. The van der Waals surface area contributed by atoms with Gasteiger partial charge in [-0.3, -0.25) is 0 Å². The predicted octanol–water partition coefficient (Wildman–Crippen LogP) is 3.48. The van der Waals surface area contributed by atoms with Crippen molar-refractivity contribution in [2.24, 2.45) is 0 Å². The van der Waals surface area contributed by atoms with Crippen molar-refractivity contribution in [2.45, 2.75) is 25.9 Å². The molecule has 0 aliphatic carbocycles. The van der Waals surface area contributed by atoms with E-state index in [1.165, 1.54) is 6.07 Å². The van der Waals surface area contributed by atoms with E-state index >= 15 is 0 Å².